The molecule has 0 saturated heterocycles. The molecule has 16 heavy (non-hydrogen) atoms. The van der Waals surface area contributed by atoms with Crippen molar-refractivity contribution < 1.29 is 19.0 Å². The van der Waals surface area contributed by atoms with Crippen molar-refractivity contribution in [3.8, 4) is 5.75 Å². The SMILES string of the molecule is O=C(O)CCNP(=O)(Cl)Oc1ccccc1. The normalized spacial score (nSPS) is 14.1. The van der Waals surface area contributed by atoms with Gasteiger partial charge in [-0.05, 0) is 12.1 Å². The van der Waals surface area contributed by atoms with Crippen LogP contribution in [-0.4, -0.2) is 17.6 Å². The average Bonchev–Trinajstić information content (AvgIpc) is 2.17. The van der Waals surface area contributed by atoms with E-state index in [0.717, 1.165) is 0 Å². The molecule has 0 heterocycles. The van der Waals surface area contributed by atoms with Crippen molar-refractivity contribution in [2.24, 2.45) is 0 Å². The first-order chi connectivity index (χ1) is 7.49. The maximum Gasteiger partial charge on any atom is 0.409 e. The number of carboxylic acid groups (broad SMARTS) is 1. The molecule has 1 unspecified atom stereocenters. The summed E-state index contributed by atoms with van der Waals surface area (Å²) in [6, 6.07) is 8.42. The number of carbonyl (C=O) groups is 1. The number of carboxylic acids is 1. The zero-order valence-electron chi connectivity index (χ0n) is 8.30. The molecule has 0 fully saturated rings. The maximum atomic E-state index is 11.6. The van der Waals surface area contributed by atoms with Gasteiger partial charge in [-0.3, -0.25) is 4.79 Å². The van der Waals surface area contributed by atoms with Crippen LogP contribution in [0, 0.1) is 0 Å². The highest BCUT2D eigenvalue weighted by atomic mass is 35.7. The summed E-state index contributed by atoms with van der Waals surface area (Å²) in [5, 5.41) is 10.7. The molecule has 0 aromatic heterocycles. The van der Waals surface area contributed by atoms with Gasteiger partial charge in [-0.15, -0.1) is 0 Å². The van der Waals surface area contributed by atoms with Crippen LogP contribution in [0.3, 0.4) is 0 Å². The van der Waals surface area contributed by atoms with E-state index in [1.807, 2.05) is 0 Å². The van der Waals surface area contributed by atoms with E-state index in [1.54, 1.807) is 30.3 Å². The predicted octanol–water partition coefficient (Wildman–Crippen LogP) is 2.48. The summed E-state index contributed by atoms with van der Waals surface area (Å²) in [4.78, 5) is 10.2. The molecule has 0 aliphatic rings. The molecule has 0 spiro atoms. The van der Waals surface area contributed by atoms with Gasteiger partial charge in [-0.25, -0.2) is 9.65 Å². The predicted molar refractivity (Wildman–Crippen MR) is 60.8 cm³/mol. The van der Waals surface area contributed by atoms with Crippen LogP contribution < -0.4 is 9.61 Å². The van der Waals surface area contributed by atoms with Crippen molar-refractivity contribution >= 4 is 24.1 Å². The van der Waals surface area contributed by atoms with Crippen molar-refractivity contribution in [2.75, 3.05) is 6.54 Å². The zero-order valence-corrected chi connectivity index (χ0v) is 9.95. The first-order valence-corrected chi connectivity index (χ1v) is 7.04. The molecule has 7 heteroatoms. The standard InChI is InChI=1S/C9H11ClNO4P/c10-16(14,11-7-6-9(12)13)15-8-4-2-1-3-5-8/h1-5H,6-7H2,(H,11,14)(H,12,13). The Morgan fingerprint density at radius 2 is 2.06 bits per heavy atom. The van der Waals surface area contributed by atoms with Crippen molar-refractivity contribution in [3.63, 3.8) is 0 Å². The number of benzene rings is 1. The topological polar surface area (TPSA) is 75.6 Å². The molecule has 1 aromatic carbocycles. The fourth-order valence-corrected chi connectivity index (χ4v) is 2.27. The highest BCUT2D eigenvalue weighted by Crippen LogP contribution is 2.47. The molecule has 0 saturated carbocycles. The Hall–Kier alpha value is -1.03. The Morgan fingerprint density at radius 3 is 2.62 bits per heavy atom. The van der Waals surface area contributed by atoms with Gasteiger partial charge in [-0.2, -0.15) is 0 Å². The second-order valence-corrected chi connectivity index (χ2v) is 5.73. The minimum absolute atomic E-state index is 0.0110. The largest absolute Gasteiger partial charge is 0.481 e. The summed E-state index contributed by atoms with van der Waals surface area (Å²) in [5.41, 5.74) is 0. The second kappa shape index (κ2) is 5.89. The minimum Gasteiger partial charge on any atom is -0.481 e. The van der Waals surface area contributed by atoms with Crippen molar-refractivity contribution in [1.29, 1.82) is 0 Å². The van der Waals surface area contributed by atoms with E-state index in [9.17, 15) is 9.36 Å². The number of nitrogens with one attached hydrogen (secondary N) is 1. The summed E-state index contributed by atoms with van der Waals surface area (Å²) >= 11 is 5.58. The highest BCUT2D eigenvalue weighted by Gasteiger charge is 2.20. The Bertz CT molecular complexity index is 398. The fraction of sp³-hybridized carbons (Fsp3) is 0.222. The van der Waals surface area contributed by atoms with Gasteiger partial charge in [0, 0.05) is 17.8 Å². The van der Waals surface area contributed by atoms with Crippen LogP contribution in [0.1, 0.15) is 6.42 Å². The quantitative estimate of drug-likeness (QED) is 0.771. The molecular formula is C9H11ClNO4P. The molecule has 0 bridgehead atoms. The molecule has 1 aromatic rings. The summed E-state index contributed by atoms with van der Waals surface area (Å²) in [6.07, 6.45) is -0.172. The molecule has 0 radical (unpaired) electrons. The smallest absolute Gasteiger partial charge is 0.409 e. The van der Waals surface area contributed by atoms with Crippen molar-refractivity contribution in [3.05, 3.63) is 30.3 Å². The molecule has 88 valence electrons. The van der Waals surface area contributed by atoms with Crippen LogP contribution in [0.25, 0.3) is 0 Å². The Labute approximate surface area is 97.7 Å². The van der Waals surface area contributed by atoms with E-state index in [4.69, 9.17) is 20.9 Å². The Morgan fingerprint density at radius 1 is 1.44 bits per heavy atom. The van der Waals surface area contributed by atoms with Gasteiger partial charge in [0.15, 0.2) is 0 Å². The van der Waals surface area contributed by atoms with Crippen LogP contribution >= 0.6 is 18.1 Å². The first kappa shape index (κ1) is 13.0. The highest BCUT2D eigenvalue weighted by molar-refractivity contribution is 7.84. The van der Waals surface area contributed by atoms with Gasteiger partial charge in [0.25, 0.3) is 0 Å². The van der Waals surface area contributed by atoms with Gasteiger partial charge in [-0.1, -0.05) is 18.2 Å². The summed E-state index contributed by atoms with van der Waals surface area (Å²) in [7, 11) is 0. The number of rotatable bonds is 6. The van der Waals surface area contributed by atoms with Crippen molar-refractivity contribution in [2.45, 2.75) is 6.42 Å². The Kier molecular flexibility index (Phi) is 4.80. The lowest BCUT2D eigenvalue weighted by Crippen LogP contribution is -2.15. The number of para-hydroxylation sites is 1. The van der Waals surface area contributed by atoms with Crippen LogP contribution in [0.15, 0.2) is 30.3 Å². The van der Waals surface area contributed by atoms with E-state index in [1.165, 1.54) is 0 Å². The first-order valence-electron chi connectivity index (χ1n) is 4.51. The van der Waals surface area contributed by atoms with Crippen molar-refractivity contribution in [1.82, 2.24) is 5.09 Å². The van der Waals surface area contributed by atoms with Gasteiger partial charge >= 0.3 is 12.8 Å². The lowest BCUT2D eigenvalue weighted by Gasteiger charge is -2.12. The fourth-order valence-electron chi connectivity index (χ4n) is 0.946. The summed E-state index contributed by atoms with van der Waals surface area (Å²) in [6.45, 7) is -3.52. The van der Waals surface area contributed by atoms with E-state index < -0.39 is 12.8 Å². The van der Waals surface area contributed by atoms with Crippen LogP contribution in [-0.2, 0) is 9.36 Å². The summed E-state index contributed by atoms with van der Waals surface area (Å²) < 4.78 is 16.6. The number of hydrogen-bond donors (Lipinski definition) is 2. The molecule has 0 amide bonds. The number of halogens is 1. The lowest BCUT2D eigenvalue weighted by molar-refractivity contribution is -0.136. The third kappa shape index (κ3) is 5.16. The van der Waals surface area contributed by atoms with E-state index >= 15 is 0 Å². The number of hydrogen-bond acceptors (Lipinski definition) is 3. The second-order valence-electron chi connectivity index (χ2n) is 2.94. The molecular weight excluding hydrogens is 253 g/mol. The molecule has 2 N–H and O–H groups in total. The Balaban J connectivity index is 2.46. The van der Waals surface area contributed by atoms with E-state index in [2.05, 4.69) is 5.09 Å². The van der Waals surface area contributed by atoms with Crippen LogP contribution in [0.2, 0.25) is 0 Å². The van der Waals surface area contributed by atoms with Gasteiger partial charge < -0.3 is 9.63 Å². The lowest BCUT2D eigenvalue weighted by atomic mass is 10.3. The zero-order chi connectivity index (χ0) is 12.0. The van der Waals surface area contributed by atoms with Gasteiger partial charge in [0.2, 0.25) is 0 Å². The molecule has 1 atom stereocenters. The van der Waals surface area contributed by atoms with Gasteiger partial charge in [0.1, 0.15) is 5.75 Å². The monoisotopic (exact) mass is 263 g/mol. The average molecular weight is 264 g/mol. The minimum atomic E-state index is -3.51. The molecule has 5 nitrogen and oxygen atoms in total. The maximum absolute atomic E-state index is 11.6. The van der Waals surface area contributed by atoms with Gasteiger partial charge in [0.05, 0.1) is 6.42 Å². The molecule has 1 rings (SSSR count). The third-order valence-electron chi connectivity index (χ3n) is 1.61. The van der Waals surface area contributed by atoms with E-state index in [-0.39, 0.29) is 13.0 Å². The number of aliphatic carboxylic acids is 1. The van der Waals surface area contributed by atoms with Crippen LogP contribution in [0.4, 0.5) is 0 Å². The summed E-state index contributed by atoms with van der Waals surface area (Å²) in [5.74, 6) is -0.632. The third-order valence-corrected chi connectivity index (χ3v) is 3.22. The van der Waals surface area contributed by atoms with Crippen LogP contribution in [0.5, 0.6) is 5.75 Å². The molecule has 0 aliphatic carbocycles. The molecule has 0 aliphatic heterocycles. The van der Waals surface area contributed by atoms with E-state index in [0.29, 0.717) is 5.75 Å².